The highest BCUT2D eigenvalue weighted by molar-refractivity contribution is 5.67. The van der Waals surface area contributed by atoms with E-state index in [0.29, 0.717) is 18.0 Å². The number of benzene rings is 1. The predicted octanol–water partition coefficient (Wildman–Crippen LogP) is 4.01. The second-order valence-electron chi connectivity index (χ2n) is 9.07. The predicted molar refractivity (Wildman–Crippen MR) is 107 cm³/mol. The van der Waals surface area contributed by atoms with Crippen LogP contribution in [-0.4, -0.2) is 48.9 Å². The van der Waals surface area contributed by atoms with Crippen LogP contribution in [0.2, 0.25) is 0 Å². The molecule has 0 bridgehead atoms. The molecule has 27 heavy (non-hydrogen) atoms. The minimum atomic E-state index is -0.439. The van der Waals surface area contributed by atoms with Crippen molar-refractivity contribution in [2.75, 3.05) is 26.7 Å². The normalized spacial score (nSPS) is 20.1. The van der Waals surface area contributed by atoms with Gasteiger partial charge in [-0.3, -0.25) is 4.90 Å². The standard InChI is InChI=1S/C22H34N2O3/c1-21(2,3)27-20(25)23-16-17-8-12-24(13-9-17)22(10-11-22)15-18-6-5-7-19(14-18)26-4/h5-7,14,17H,8-13,15-16H2,1-4H3,(H,23,25). The second kappa shape index (κ2) is 8.09. The SMILES string of the molecule is COc1cccc(CC2(N3CCC(CNC(=O)OC(C)(C)C)CC3)CC2)c1. The van der Waals surface area contributed by atoms with Crippen molar-refractivity contribution in [3.63, 3.8) is 0 Å². The molecule has 1 aromatic carbocycles. The Hall–Kier alpha value is -1.75. The maximum Gasteiger partial charge on any atom is 0.407 e. The van der Waals surface area contributed by atoms with Crippen LogP contribution in [-0.2, 0) is 11.2 Å². The highest BCUT2D eigenvalue weighted by atomic mass is 16.6. The summed E-state index contributed by atoms with van der Waals surface area (Å²) in [6.07, 6.45) is 5.63. The van der Waals surface area contributed by atoms with Crippen molar-refractivity contribution in [2.45, 2.75) is 64.0 Å². The minimum Gasteiger partial charge on any atom is -0.497 e. The van der Waals surface area contributed by atoms with Gasteiger partial charge < -0.3 is 14.8 Å². The van der Waals surface area contributed by atoms with Gasteiger partial charge in [0.2, 0.25) is 0 Å². The maximum atomic E-state index is 11.8. The largest absolute Gasteiger partial charge is 0.497 e. The average Bonchev–Trinajstić information content (AvgIpc) is 3.40. The van der Waals surface area contributed by atoms with Crippen LogP contribution in [0.15, 0.2) is 24.3 Å². The van der Waals surface area contributed by atoms with E-state index in [0.717, 1.165) is 38.1 Å². The van der Waals surface area contributed by atoms with Crippen molar-refractivity contribution in [2.24, 2.45) is 5.92 Å². The molecule has 150 valence electrons. The van der Waals surface area contributed by atoms with E-state index in [1.54, 1.807) is 7.11 Å². The van der Waals surface area contributed by atoms with E-state index >= 15 is 0 Å². The third-order valence-electron chi connectivity index (χ3n) is 5.71. The van der Waals surface area contributed by atoms with Gasteiger partial charge >= 0.3 is 6.09 Å². The van der Waals surface area contributed by atoms with Crippen LogP contribution in [0.4, 0.5) is 4.79 Å². The number of rotatable bonds is 6. The summed E-state index contributed by atoms with van der Waals surface area (Å²) in [5.74, 6) is 1.48. The highest BCUT2D eigenvalue weighted by Gasteiger charge is 2.48. The summed E-state index contributed by atoms with van der Waals surface area (Å²) in [5, 5.41) is 2.94. The first kappa shape index (κ1) is 20.0. The second-order valence-corrected chi connectivity index (χ2v) is 9.07. The Balaban J connectivity index is 1.45. The summed E-state index contributed by atoms with van der Waals surface area (Å²) < 4.78 is 10.7. The minimum absolute atomic E-state index is 0.304. The third-order valence-corrected chi connectivity index (χ3v) is 5.71. The molecule has 1 saturated carbocycles. The molecule has 0 atom stereocenters. The number of piperidine rings is 1. The fraction of sp³-hybridized carbons (Fsp3) is 0.682. The molecule has 0 unspecified atom stereocenters. The first-order valence-corrected chi connectivity index (χ1v) is 10.1. The molecule has 1 aliphatic heterocycles. The Kier molecular flexibility index (Phi) is 5.99. The quantitative estimate of drug-likeness (QED) is 0.817. The summed E-state index contributed by atoms with van der Waals surface area (Å²) in [6, 6.07) is 8.46. The van der Waals surface area contributed by atoms with Gasteiger partial charge in [-0.1, -0.05) is 12.1 Å². The van der Waals surface area contributed by atoms with E-state index in [1.807, 2.05) is 26.8 Å². The maximum absolute atomic E-state index is 11.8. The summed E-state index contributed by atoms with van der Waals surface area (Å²) in [5.41, 5.74) is 1.27. The number of likely N-dealkylation sites (tertiary alicyclic amines) is 1. The molecule has 1 saturated heterocycles. The number of hydrogen-bond donors (Lipinski definition) is 1. The Morgan fingerprint density at radius 3 is 2.56 bits per heavy atom. The lowest BCUT2D eigenvalue weighted by atomic mass is 9.93. The van der Waals surface area contributed by atoms with Crippen molar-refractivity contribution in [3.8, 4) is 5.75 Å². The van der Waals surface area contributed by atoms with E-state index in [4.69, 9.17) is 9.47 Å². The summed E-state index contributed by atoms with van der Waals surface area (Å²) in [6.45, 7) is 8.62. The van der Waals surface area contributed by atoms with Crippen LogP contribution >= 0.6 is 0 Å². The van der Waals surface area contributed by atoms with Gasteiger partial charge in [0.05, 0.1) is 7.11 Å². The molecule has 5 heteroatoms. The van der Waals surface area contributed by atoms with Gasteiger partial charge in [0, 0.05) is 12.1 Å². The van der Waals surface area contributed by atoms with Crippen molar-refractivity contribution in [3.05, 3.63) is 29.8 Å². The van der Waals surface area contributed by atoms with Crippen LogP contribution in [0.1, 0.15) is 52.0 Å². The van der Waals surface area contributed by atoms with Crippen LogP contribution < -0.4 is 10.1 Å². The molecule has 2 fully saturated rings. The number of nitrogens with one attached hydrogen (secondary N) is 1. The van der Waals surface area contributed by atoms with E-state index in [1.165, 1.54) is 18.4 Å². The molecule has 1 aromatic rings. The third kappa shape index (κ3) is 5.61. The molecule has 2 aliphatic rings. The summed E-state index contributed by atoms with van der Waals surface area (Å²) in [4.78, 5) is 14.5. The van der Waals surface area contributed by atoms with Gasteiger partial charge in [0.15, 0.2) is 0 Å². The Morgan fingerprint density at radius 2 is 1.96 bits per heavy atom. The lowest BCUT2D eigenvalue weighted by Crippen LogP contribution is -2.46. The molecule has 5 nitrogen and oxygen atoms in total. The van der Waals surface area contributed by atoms with Crippen LogP contribution in [0.25, 0.3) is 0 Å². The molecule has 1 aliphatic carbocycles. The number of alkyl carbamates (subject to hydrolysis) is 1. The lowest BCUT2D eigenvalue weighted by Gasteiger charge is -2.38. The fourth-order valence-corrected chi connectivity index (χ4v) is 4.06. The first-order valence-electron chi connectivity index (χ1n) is 10.1. The van der Waals surface area contributed by atoms with Gasteiger partial charge in [-0.25, -0.2) is 4.79 Å². The molecule has 1 heterocycles. The number of methoxy groups -OCH3 is 1. The zero-order valence-corrected chi connectivity index (χ0v) is 17.2. The van der Waals surface area contributed by atoms with Crippen LogP contribution in [0.5, 0.6) is 5.75 Å². The molecule has 1 N–H and O–H groups in total. The number of carbonyl (C=O) groups excluding carboxylic acids is 1. The molecule has 3 rings (SSSR count). The molecule has 1 amide bonds. The molecule has 0 radical (unpaired) electrons. The van der Waals surface area contributed by atoms with E-state index < -0.39 is 5.60 Å². The van der Waals surface area contributed by atoms with Crippen LogP contribution in [0.3, 0.4) is 0 Å². The van der Waals surface area contributed by atoms with Crippen molar-refractivity contribution in [1.82, 2.24) is 10.2 Å². The first-order chi connectivity index (χ1) is 12.8. The van der Waals surface area contributed by atoms with Crippen molar-refractivity contribution in [1.29, 1.82) is 0 Å². The molecular weight excluding hydrogens is 340 g/mol. The van der Waals surface area contributed by atoms with Gasteiger partial charge in [-0.2, -0.15) is 0 Å². The van der Waals surface area contributed by atoms with Gasteiger partial charge in [-0.15, -0.1) is 0 Å². The Labute approximate surface area is 163 Å². The number of amides is 1. The van der Waals surface area contributed by atoms with Crippen molar-refractivity contribution < 1.29 is 14.3 Å². The smallest absolute Gasteiger partial charge is 0.407 e. The number of hydrogen-bond acceptors (Lipinski definition) is 4. The number of nitrogens with zero attached hydrogens (tertiary/aromatic N) is 1. The summed E-state index contributed by atoms with van der Waals surface area (Å²) in [7, 11) is 1.72. The zero-order chi connectivity index (χ0) is 19.5. The molecule has 0 aromatic heterocycles. The van der Waals surface area contributed by atoms with E-state index in [2.05, 4.69) is 28.4 Å². The van der Waals surface area contributed by atoms with Gasteiger partial charge in [0.25, 0.3) is 0 Å². The zero-order valence-electron chi connectivity index (χ0n) is 17.2. The lowest BCUT2D eigenvalue weighted by molar-refractivity contribution is 0.0501. The highest BCUT2D eigenvalue weighted by Crippen LogP contribution is 2.46. The summed E-state index contributed by atoms with van der Waals surface area (Å²) >= 11 is 0. The van der Waals surface area contributed by atoms with E-state index in [9.17, 15) is 4.79 Å². The Morgan fingerprint density at radius 1 is 1.26 bits per heavy atom. The monoisotopic (exact) mass is 374 g/mol. The molecular formula is C22H34N2O3. The van der Waals surface area contributed by atoms with Gasteiger partial charge in [-0.05, 0) is 89.6 Å². The van der Waals surface area contributed by atoms with Gasteiger partial charge in [0.1, 0.15) is 11.4 Å². The van der Waals surface area contributed by atoms with Crippen LogP contribution in [0, 0.1) is 5.92 Å². The number of carbonyl (C=O) groups is 1. The van der Waals surface area contributed by atoms with E-state index in [-0.39, 0.29) is 6.09 Å². The Bertz CT molecular complexity index is 641. The molecule has 0 spiro atoms. The van der Waals surface area contributed by atoms with Crippen molar-refractivity contribution >= 4 is 6.09 Å². The number of ether oxygens (including phenoxy) is 2. The average molecular weight is 375 g/mol. The topological polar surface area (TPSA) is 50.8 Å². The fourth-order valence-electron chi connectivity index (χ4n) is 4.06.